The number of hydrogen-bond acceptors (Lipinski definition) is 6. The van der Waals surface area contributed by atoms with Gasteiger partial charge in [0.15, 0.2) is 5.69 Å². The first-order valence-electron chi connectivity index (χ1n) is 10.00. The molecule has 0 unspecified atom stereocenters. The van der Waals surface area contributed by atoms with E-state index in [1.807, 2.05) is 0 Å². The second-order valence-corrected chi connectivity index (χ2v) is 8.10. The lowest BCUT2D eigenvalue weighted by Gasteiger charge is -2.30. The second-order valence-electron chi connectivity index (χ2n) is 8.10. The Balaban J connectivity index is 1.94. The topological polar surface area (TPSA) is 82.9 Å². The third-order valence-electron chi connectivity index (χ3n) is 4.49. The number of aromatic nitrogens is 2. The Morgan fingerprint density at radius 3 is 2.34 bits per heavy atom. The summed E-state index contributed by atoms with van der Waals surface area (Å²) >= 11 is 0. The summed E-state index contributed by atoms with van der Waals surface area (Å²) in [6.45, 7) is 7.49. The molecular formula is C21H24F3N3O5. The van der Waals surface area contributed by atoms with Crippen LogP contribution in [0.25, 0.3) is 5.69 Å². The van der Waals surface area contributed by atoms with E-state index in [0.29, 0.717) is 29.9 Å². The van der Waals surface area contributed by atoms with Crippen molar-refractivity contribution in [1.82, 2.24) is 14.7 Å². The van der Waals surface area contributed by atoms with Crippen molar-refractivity contribution in [2.75, 3.05) is 13.2 Å². The molecule has 2 heterocycles. The van der Waals surface area contributed by atoms with Crippen LogP contribution in [0.15, 0.2) is 24.3 Å². The van der Waals surface area contributed by atoms with Crippen molar-refractivity contribution < 1.29 is 37.0 Å². The molecule has 32 heavy (non-hydrogen) atoms. The van der Waals surface area contributed by atoms with Crippen LogP contribution in [0.1, 0.15) is 49.4 Å². The zero-order valence-electron chi connectivity index (χ0n) is 18.2. The first-order valence-corrected chi connectivity index (χ1v) is 10.00. The Morgan fingerprint density at radius 2 is 1.78 bits per heavy atom. The number of halogens is 3. The van der Waals surface area contributed by atoms with Gasteiger partial charge in [-0.3, -0.25) is 0 Å². The average molecular weight is 455 g/mol. The van der Waals surface area contributed by atoms with Crippen LogP contribution in [0.4, 0.5) is 18.0 Å². The lowest BCUT2D eigenvalue weighted by atomic mass is 10.1. The monoisotopic (exact) mass is 455 g/mol. The lowest BCUT2D eigenvalue weighted by Crippen LogP contribution is -2.40. The molecule has 174 valence electrons. The SMILES string of the molecule is CCOC(=O)c1nn(-c2ccc(OC(F)(F)F)cc2)c2c1CN(C(=O)OC(C)(C)C)CC2. The van der Waals surface area contributed by atoms with Gasteiger partial charge in [0.1, 0.15) is 11.4 Å². The summed E-state index contributed by atoms with van der Waals surface area (Å²) in [5.74, 6) is -1.02. The molecule has 1 amide bonds. The van der Waals surface area contributed by atoms with Gasteiger partial charge >= 0.3 is 18.4 Å². The van der Waals surface area contributed by atoms with Crippen LogP contribution in [0.2, 0.25) is 0 Å². The number of hydrogen-bond donors (Lipinski definition) is 0. The van der Waals surface area contributed by atoms with E-state index in [1.54, 1.807) is 27.7 Å². The van der Waals surface area contributed by atoms with E-state index in [9.17, 15) is 22.8 Å². The van der Waals surface area contributed by atoms with Crippen molar-refractivity contribution >= 4 is 12.1 Å². The molecule has 2 aromatic rings. The highest BCUT2D eigenvalue weighted by Gasteiger charge is 2.33. The highest BCUT2D eigenvalue weighted by Crippen LogP contribution is 2.29. The molecule has 0 saturated carbocycles. The van der Waals surface area contributed by atoms with Gasteiger partial charge < -0.3 is 19.1 Å². The minimum Gasteiger partial charge on any atom is -0.461 e. The fourth-order valence-electron chi connectivity index (χ4n) is 3.27. The quantitative estimate of drug-likeness (QED) is 0.642. The van der Waals surface area contributed by atoms with E-state index in [4.69, 9.17) is 9.47 Å². The van der Waals surface area contributed by atoms with E-state index >= 15 is 0 Å². The molecule has 0 spiro atoms. The first-order chi connectivity index (χ1) is 14.9. The van der Waals surface area contributed by atoms with Gasteiger partial charge in [-0.1, -0.05) is 0 Å². The summed E-state index contributed by atoms with van der Waals surface area (Å²) in [5, 5.41) is 4.35. The van der Waals surface area contributed by atoms with Gasteiger partial charge in [0.2, 0.25) is 0 Å². The van der Waals surface area contributed by atoms with Crippen molar-refractivity contribution in [3.8, 4) is 11.4 Å². The number of benzene rings is 1. The molecule has 1 aliphatic heterocycles. The van der Waals surface area contributed by atoms with Crippen LogP contribution < -0.4 is 4.74 Å². The third-order valence-corrected chi connectivity index (χ3v) is 4.49. The van der Waals surface area contributed by atoms with Gasteiger partial charge in [-0.2, -0.15) is 5.10 Å². The largest absolute Gasteiger partial charge is 0.573 e. The highest BCUT2D eigenvalue weighted by atomic mass is 19.4. The minimum absolute atomic E-state index is 0.0470. The number of ether oxygens (including phenoxy) is 3. The van der Waals surface area contributed by atoms with Crippen LogP contribution in [-0.4, -0.2) is 51.9 Å². The predicted molar refractivity (Wildman–Crippen MR) is 107 cm³/mol. The number of fused-ring (bicyclic) bond motifs is 1. The van der Waals surface area contributed by atoms with Crippen LogP contribution in [-0.2, 0) is 22.4 Å². The summed E-state index contributed by atoms with van der Waals surface area (Å²) in [5.41, 5.74) is 0.988. The Hall–Kier alpha value is -3.24. The number of amides is 1. The molecule has 0 radical (unpaired) electrons. The van der Waals surface area contributed by atoms with E-state index in [-0.39, 0.29) is 24.6 Å². The minimum atomic E-state index is -4.80. The van der Waals surface area contributed by atoms with Crippen LogP contribution in [0, 0.1) is 0 Å². The van der Waals surface area contributed by atoms with Gasteiger partial charge in [-0.25, -0.2) is 14.3 Å². The Morgan fingerprint density at radius 1 is 1.12 bits per heavy atom. The van der Waals surface area contributed by atoms with Crippen molar-refractivity contribution in [3.63, 3.8) is 0 Å². The van der Waals surface area contributed by atoms with Crippen LogP contribution in [0.5, 0.6) is 5.75 Å². The smallest absolute Gasteiger partial charge is 0.461 e. The maximum atomic E-state index is 12.5. The molecule has 0 aliphatic carbocycles. The summed E-state index contributed by atoms with van der Waals surface area (Å²) in [7, 11) is 0. The van der Waals surface area contributed by atoms with Crippen LogP contribution in [0.3, 0.4) is 0 Å². The number of alkyl halides is 3. The van der Waals surface area contributed by atoms with E-state index in [2.05, 4.69) is 9.84 Å². The summed E-state index contributed by atoms with van der Waals surface area (Å²) in [6.07, 6.45) is -4.95. The predicted octanol–water partition coefficient (Wildman–Crippen LogP) is 4.24. The van der Waals surface area contributed by atoms with Gasteiger partial charge in [0.25, 0.3) is 0 Å². The zero-order valence-corrected chi connectivity index (χ0v) is 18.2. The lowest BCUT2D eigenvalue weighted by molar-refractivity contribution is -0.274. The first kappa shape index (κ1) is 23.4. The molecule has 3 rings (SSSR count). The van der Waals surface area contributed by atoms with E-state index in [1.165, 1.54) is 21.7 Å². The number of rotatable bonds is 4. The molecule has 0 bridgehead atoms. The van der Waals surface area contributed by atoms with Crippen molar-refractivity contribution in [3.05, 3.63) is 41.2 Å². The number of carbonyl (C=O) groups is 2. The Bertz CT molecular complexity index is 994. The van der Waals surface area contributed by atoms with Crippen molar-refractivity contribution in [1.29, 1.82) is 0 Å². The number of esters is 1. The Kier molecular flexibility index (Phi) is 6.38. The molecule has 8 nitrogen and oxygen atoms in total. The summed E-state index contributed by atoms with van der Waals surface area (Å²) in [4.78, 5) is 26.5. The summed E-state index contributed by atoms with van der Waals surface area (Å²) < 4.78 is 53.2. The van der Waals surface area contributed by atoms with Gasteiger partial charge in [0.05, 0.1) is 24.5 Å². The number of nitrogens with zero attached hydrogens (tertiary/aromatic N) is 3. The molecule has 0 saturated heterocycles. The van der Waals surface area contributed by atoms with Gasteiger partial charge in [-0.15, -0.1) is 13.2 Å². The summed E-state index contributed by atoms with van der Waals surface area (Å²) in [6, 6.07) is 5.14. The molecule has 1 aliphatic rings. The molecule has 1 aromatic carbocycles. The molecule has 0 fully saturated rings. The Labute approximate surface area is 182 Å². The maximum Gasteiger partial charge on any atom is 0.573 e. The molecule has 0 atom stereocenters. The third kappa shape index (κ3) is 5.51. The number of carbonyl (C=O) groups excluding carboxylic acids is 2. The van der Waals surface area contributed by atoms with Crippen LogP contribution >= 0.6 is 0 Å². The van der Waals surface area contributed by atoms with Crippen molar-refractivity contribution in [2.45, 2.75) is 52.6 Å². The van der Waals surface area contributed by atoms with E-state index in [0.717, 1.165) is 12.1 Å². The fraction of sp³-hybridized carbons (Fsp3) is 0.476. The van der Waals surface area contributed by atoms with Gasteiger partial charge in [0, 0.05) is 18.5 Å². The van der Waals surface area contributed by atoms with E-state index < -0.39 is 24.0 Å². The van der Waals surface area contributed by atoms with Gasteiger partial charge in [-0.05, 0) is 52.0 Å². The second kappa shape index (κ2) is 8.71. The normalized spacial score (nSPS) is 14.0. The average Bonchev–Trinajstić information content (AvgIpc) is 3.05. The standard InChI is InChI=1S/C21H24F3N3O5/c1-5-30-18(28)17-15-12-26(19(29)32-20(2,3)4)11-10-16(15)27(25-17)13-6-8-14(9-7-13)31-21(22,23)24/h6-9H,5,10-12H2,1-4H3. The molecule has 11 heteroatoms. The zero-order chi connectivity index (χ0) is 23.7. The molecule has 1 aromatic heterocycles. The maximum absolute atomic E-state index is 12.5. The van der Waals surface area contributed by atoms with Crippen molar-refractivity contribution in [2.24, 2.45) is 0 Å². The molecule has 0 N–H and O–H groups in total. The fourth-order valence-corrected chi connectivity index (χ4v) is 3.27. The highest BCUT2D eigenvalue weighted by molar-refractivity contribution is 5.89. The molecular weight excluding hydrogens is 431 g/mol.